The first-order valence-electron chi connectivity index (χ1n) is 5.08. The van der Waals surface area contributed by atoms with Crippen LogP contribution in [0.5, 0.6) is 0 Å². The van der Waals surface area contributed by atoms with Gasteiger partial charge >= 0.3 is 5.97 Å². The molecule has 2 nitrogen and oxygen atoms in total. The van der Waals surface area contributed by atoms with E-state index in [1.165, 1.54) is 12.8 Å². The normalized spacial score (nSPS) is 11.5. The standard InChI is InChI=1S/C11H20O2/c1-4-7-8-9-10(5-2)11(12)13-6-3/h5H,4,6-9H2,1-3H3/b10-5+. The van der Waals surface area contributed by atoms with Crippen molar-refractivity contribution in [2.24, 2.45) is 0 Å². The number of allylic oxidation sites excluding steroid dienone is 1. The van der Waals surface area contributed by atoms with Gasteiger partial charge in [-0.2, -0.15) is 0 Å². The zero-order chi connectivity index (χ0) is 10.1. The summed E-state index contributed by atoms with van der Waals surface area (Å²) in [7, 11) is 0. The van der Waals surface area contributed by atoms with Crippen LogP contribution in [0.1, 0.15) is 46.5 Å². The quantitative estimate of drug-likeness (QED) is 0.360. The topological polar surface area (TPSA) is 26.3 Å². The molecule has 0 aliphatic carbocycles. The van der Waals surface area contributed by atoms with Crippen molar-refractivity contribution in [3.8, 4) is 0 Å². The maximum atomic E-state index is 11.3. The molecule has 0 N–H and O–H groups in total. The Morgan fingerprint density at radius 3 is 2.46 bits per heavy atom. The van der Waals surface area contributed by atoms with E-state index < -0.39 is 0 Å². The fourth-order valence-corrected chi connectivity index (χ4v) is 1.15. The Hall–Kier alpha value is -0.790. The average Bonchev–Trinajstić information content (AvgIpc) is 2.13. The highest BCUT2D eigenvalue weighted by atomic mass is 16.5. The first-order valence-corrected chi connectivity index (χ1v) is 5.08. The zero-order valence-electron chi connectivity index (χ0n) is 8.93. The second-order valence-corrected chi connectivity index (χ2v) is 2.99. The summed E-state index contributed by atoms with van der Waals surface area (Å²) in [4.78, 5) is 11.3. The second kappa shape index (κ2) is 7.84. The molecule has 0 spiro atoms. The van der Waals surface area contributed by atoms with Crippen molar-refractivity contribution in [1.82, 2.24) is 0 Å². The van der Waals surface area contributed by atoms with E-state index in [0.717, 1.165) is 18.4 Å². The van der Waals surface area contributed by atoms with Gasteiger partial charge in [0, 0.05) is 5.57 Å². The van der Waals surface area contributed by atoms with Crippen LogP contribution in [0.2, 0.25) is 0 Å². The molecular weight excluding hydrogens is 164 g/mol. The summed E-state index contributed by atoms with van der Waals surface area (Å²) in [6, 6.07) is 0. The Kier molecular flexibility index (Phi) is 7.36. The molecule has 0 rings (SSSR count). The fourth-order valence-electron chi connectivity index (χ4n) is 1.15. The minimum Gasteiger partial charge on any atom is -0.463 e. The fraction of sp³-hybridized carbons (Fsp3) is 0.727. The van der Waals surface area contributed by atoms with Crippen molar-refractivity contribution >= 4 is 5.97 Å². The number of hydrogen-bond donors (Lipinski definition) is 0. The molecule has 0 bridgehead atoms. The SMILES string of the molecule is C/C=C(\CCCCC)C(=O)OCC. The number of unbranched alkanes of at least 4 members (excludes halogenated alkanes) is 2. The molecule has 0 aromatic carbocycles. The van der Waals surface area contributed by atoms with E-state index in [1.54, 1.807) is 0 Å². The number of hydrogen-bond acceptors (Lipinski definition) is 2. The zero-order valence-corrected chi connectivity index (χ0v) is 8.93. The summed E-state index contributed by atoms with van der Waals surface area (Å²) >= 11 is 0. The maximum absolute atomic E-state index is 11.3. The average molecular weight is 184 g/mol. The Bertz CT molecular complexity index is 171. The van der Waals surface area contributed by atoms with Gasteiger partial charge in [0.1, 0.15) is 0 Å². The van der Waals surface area contributed by atoms with Crippen LogP contribution >= 0.6 is 0 Å². The van der Waals surface area contributed by atoms with Gasteiger partial charge in [-0.05, 0) is 26.7 Å². The van der Waals surface area contributed by atoms with Gasteiger partial charge in [0.15, 0.2) is 0 Å². The third-order valence-electron chi connectivity index (χ3n) is 1.94. The minimum atomic E-state index is -0.152. The third-order valence-corrected chi connectivity index (χ3v) is 1.94. The second-order valence-electron chi connectivity index (χ2n) is 2.99. The molecule has 0 unspecified atom stereocenters. The van der Waals surface area contributed by atoms with E-state index in [9.17, 15) is 4.79 Å². The molecule has 0 aromatic heterocycles. The number of carbonyl (C=O) groups excluding carboxylic acids is 1. The summed E-state index contributed by atoms with van der Waals surface area (Å²) < 4.78 is 4.92. The predicted octanol–water partition coefficient (Wildman–Crippen LogP) is 3.08. The van der Waals surface area contributed by atoms with E-state index in [0.29, 0.717) is 6.61 Å². The lowest BCUT2D eigenvalue weighted by Gasteiger charge is -2.05. The highest BCUT2D eigenvalue weighted by Crippen LogP contribution is 2.10. The molecule has 0 aliphatic rings. The van der Waals surface area contributed by atoms with Crippen molar-refractivity contribution in [3.63, 3.8) is 0 Å². The Balaban J connectivity index is 3.83. The van der Waals surface area contributed by atoms with Gasteiger partial charge in [-0.25, -0.2) is 4.79 Å². The monoisotopic (exact) mass is 184 g/mol. The molecule has 2 heteroatoms. The van der Waals surface area contributed by atoms with Crippen molar-refractivity contribution in [2.45, 2.75) is 46.5 Å². The van der Waals surface area contributed by atoms with Gasteiger partial charge in [-0.15, -0.1) is 0 Å². The van der Waals surface area contributed by atoms with Gasteiger partial charge in [0.25, 0.3) is 0 Å². The molecule has 76 valence electrons. The lowest BCUT2D eigenvalue weighted by atomic mass is 10.1. The van der Waals surface area contributed by atoms with Crippen LogP contribution < -0.4 is 0 Å². The number of esters is 1. The lowest BCUT2D eigenvalue weighted by molar-refractivity contribution is -0.138. The molecule has 0 saturated carbocycles. The molecular formula is C11H20O2. The van der Waals surface area contributed by atoms with Crippen LogP contribution in [-0.4, -0.2) is 12.6 Å². The highest BCUT2D eigenvalue weighted by molar-refractivity contribution is 5.88. The minimum absolute atomic E-state index is 0.152. The third kappa shape index (κ3) is 5.45. The van der Waals surface area contributed by atoms with Gasteiger partial charge in [0.05, 0.1) is 6.61 Å². The number of ether oxygens (including phenoxy) is 1. The number of carbonyl (C=O) groups is 1. The highest BCUT2D eigenvalue weighted by Gasteiger charge is 2.07. The van der Waals surface area contributed by atoms with Crippen LogP contribution in [-0.2, 0) is 9.53 Å². The first kappa shape index (κ1) is 12.2. The van der Waals surface area contributed by atoms with Crippen LogP contribution in [0.4, 0.5) is 0 Å². The molecule has 0 aromatic rings. The summed E-state index contributed by atoms with van der Waals surface area (Å²) in [5.41, 5.74) is 0.815. The Labute approximate surface area is 81.0 Å². The lowest BCUT2D eigenvalue weighted by Crippen LogP contribution is -2.07. The molecule has 0 fully saturated rings. The van der Waals surface area contributed by atoms with Crippen molar-refractivity contribution < 1.29 is 9.53 Å². The van der Waals surface area contributed by atoms with E-state index >= 15 is 0 Å². The number of rotatable bonds is 6. The van der Waals surface area contributed by atoms with Crippen LogP contribution in [0.25, 0.3) is 0 Å². The molecule has 0 aliphatic heterocycles. The Morgan fingerprint density at radius 1 is 1.31 bits per heavy atom. The van der Waals surface area contributed by atoms with Crippen LogP contribution in [0.3, 0.4) is 0 Å². The maximum Gasteiger partial charge on any atom is 0.333 e. The van der Waals surface area contributed by atoms with E-state index in [2.05, 4.69) is 6.92 Å². The van der Waals surface area contributed by atoms with E-state index in [-0.39, 0.29) is 5.97 Å². The molecule has 0 atom stereocenters. The summed E-state index contributed by atoms with van der Waals surface area (Å²) in [6.45, 7) is 6.33. The molecule has 0 amide bonds. The molecule has 13 heavy (non-hydrogen) atoms. The van der Waals surface area contributed by atoms with E-state index in [1.807, 2.05) is 19.9 Å². The summed E-state index contributed by atoms with van der Waals surface area (Å²) in [6.07, 6.45) is 6.14. The largest absolute Gasteiger partial charge is 0.463 e. The van der Waals surface area contributed by atoms with E-state index in [4.69, 9.17) is 4.74 Å². The summed E-state index contributed by atoms with van der Waals surface area (Å²) in [5.74, 6) is -0.152. The predicted molar refractivity (Wildman–Crippen MR) is 54.5 cm³/mol. The van der Waals surface area contributed by atoms with Crippen molar-refractivity contribution in [3.05, 3.63) is 11.6 Å². The molecule has 0 heterocycles. The summed E-state index contributed by atoms with van der Waals surface area (Å²) in [5, 5.41) is 0. The van der Waals surface area contributed by atoms with Crippen molar-refractivity contribution in [1.29, 1.82) is 0 Å². The van der Waals surface area contributed by atoms with Crippen molar-refractivity contribution in [2.75, 3.05) is 6.61 Å². The van der Waals surface area contributed by atoms with Gasteiger partial charge in [0.2, 0.25) is 0 Å². The van der Waals surface area contributed by atoms with Crippen LogP contribution in [0.15, 0.2) is 11.6 Å². The Morgan fingerprint density at radius 2 is 2.00 bits per heavy atom. The smallest absolute Gasteiger partial charge is 0.333 e. The first-order chi connectivity index (χ1) is 6.26. The van der Waals surface area contributed by atoms with Gasteiger partial charge < -0.3 is 4.74 Å². The van der Waals surface area contributed by atoms with Gasteiger partial charge in [-0.1, -0.05) is 25.8 Å². The van der Waals surface area contributed by atoms with Gasteiger partial charge in [-0.3, -0.25) is 0 Å². The van der Waals surface area contributed by atoms with Crippen LogP contribution in [0, 0.1) is 0 Å². The molecule has 0 saturated heterocycles. The molecule has 0 radical (unpaired) electrons.